The second-order valence-electron chi connectivity index (χ2n) is 6.46. The van der Waals surface area contributed by atoms with Crippen molar-refractivity contribution in [2.75, 3.05) is 13.2 Å². The van der Waals surface area contributed by atoms with Crippen molar-refractivity contribution in [2.24, 2.45) is 0 Å². The van der Waals surface area contributed by atoms with Crippen LogP contribution in [0.4, 0.5) is 0 Å². The number of carbonyl (C=O) groups is 2. The highest BCUT2D eigenvalue weighted by atomic mass is 16.6. The SMILES string of the molecule is CCCCc1ccc(CC(=O)NNC(=O)c2ccc3c(c2)OCCO3)cc1. The number of aryl methyl sites for hydroxylation is 1. The van der Waals surface area contributed by atoms with E-state index in [1.54, 1.807) is 18.2 Å². The van der Waals surface area contributed by atoms with E-state index in [9.17, 15) is 9.59 Å². The highest BCUT2D eigenvalue weighted by Crippen LogP contribution is 2.30. The first-order valence-corrected chi connectivity index (χ1v) is 9.22. The summed E-state index contributed by atoms with van der Waals surface area (Å²) < 4.78 is 10.9. The number of amides is 2. The van der Waals surface area contributed by atoms with E-state index in [0.29, 0.717) is 30.3 Å². The molecule has 1 heterocycles. The molecule has 2 aromatic rings. The van der Waals surface area contributed by atoms with Gasteiger partial charge in [0.2, 0.25) is 5.91 Å². The molecular weight excluding hydrogens is 344 g/mol. The number of rotatable bonds is 6. The summed E-state index contributed by atoms with van der Waals surface area (Å²) in [4.78, 5) is 24.3. The highest BCUT2D eigenvalue weighted by Gasteiger charge is 2.15. The maximum absolute atomic E-state index is 12.2. The van der Waals surface area contributed by atoms with E-state index >= 15 is 0 Å². The van der Waals surface area contributed by atoms with Gasteiger partial charge in [0.1, 0.15) is 13.2 Å². The molecule has 0 fully saturated rings. The summed E-state index contributed by atoms with van der Waals surface area (Å²) in [5.74, 6) is 0.463. The second kappa shape index (κ2) is 9.07. The third kappa shape index (κ3) is 5.23. The first-order valence-electron chi connectivity index (χ1n) is 9.22. The fourth-order valence-corrected chi connectivity index (χ4v) is 2.82. The summed E-state index contributed by atoms with van der Waals surface area (Å²) in [7, 11) is 0. The number of hydrogen-bond acceptors (Lipinski definition) is 4. The lowest BCUT2D eigenvalue weighted by molar-refractivity contribution is -0.121. The first kappa shape index (κ1) is 18.8. The summed E-state index contributed by atoms with van der Waals surface area (Å²) in [6.07, 6.45) is 3.57. The van der Waals surface area contributed by atoms with Gasteiger partial charge in [-0.2, -0.15) is 0 Å². The Balaban J connectivity index is 1.49. The van der Waals surface area contributed by atoms with Crippen LogP contribution in [-0.2, 0) is 17.6 Å². The van der Waals surface area contributed by atoms with Gasteiger partial charge in [-0.15, -0.1) is 0 Å². The van der Waals surface area contributed by atoms with Crippen LogP contribution < -0.4 is 20.3 Å². The minimum Gasteiger partial charge on any atom is -0.486 e. The molecule has 0 atom stereocenters. The lowest BCUT2D eigenvalue weighted by Gasteiger charge is -2.18. The molecule has 2 N–H and O–H groups in total. The molecule has 0 saturated carbocycles. The Kier molecular flexibility index (Phi) is 6.30. The lowest BCUT2D eigenvalue weighted by Crippen LogP contribution is -2.42. The van der Waals surface area contributed by atoms with Gasteiger partial charge < -0.3 is 9.47 Å². The number of carbonyl (C=O) groups excluding carboxylic acids is 2. The summed E-state index contributed by atoms with van der Waals surface area (Å²) >= 11 is 0. The van der Waals surface area contributed by atoms with Crippen molar-refractivity contribution in [1.82, 2.24) is 10.9 Å². The number of hydrazine groups is 1. The van der Waals surface area contributed by atoms with E-state index in [1.807, 2.05) is 24.3 Å². The average Bonchev–Trinajstić information content (AvgIpc) is 2.71. The number of unbranched alkanes of at least 4 members (excludes halogenated alkanes) is 1. The Morgan fingerprint density at radius 3 is 2.37 bits per heavy atom. The largest absolute Gasteiger partial charge is 0.486 e. The van der Waals surface area contributed by atoms with E-state index in [4.69, 9.17) is 9.47 Å². The van der Waals surface area contributed by atoms with Crippen LogP contribution in [0.15, 0.2) is 42.5 Å². The van der Waals surface area contributed by atoms with Crippen LogP contribution in [0.1, 0.15) is 41.3 Å². The monoisotopic (exact) mass is 368 g/mol. The predicted molar refractivity (Wildman–Crippen MR) is 102 cm³/mol. The van der Waals surface area contributed by atoms with Crippen LogP contribution in [0.3, 0.4) is 0 Å². The number of benzene rings is 2. The van der Waals surface area contributed by atoms with Gasteiger partial charge in [-0.05, 0) is 42.2 Å². The van der Waals surface area contributed by atoms with E-state index in [1.165, 1.54) is 5.56 Å². The van der Waals surface area contributed by atoms with Crippen LogP contribution in [0.5, 0.6) is 11.5 Å². The molecule has 2 amide bonds. The highest BCUT2D eigenvalue weighted by molar-refractivity contribution is 5.96. The molecule has 0 radical (unpaired) electrons. The van der Waals surface area contributed by atoms with Crippen molar-refractivity contribution >= 4 is 11.8 Å². The van der Waals surface area contributed by atoms with Crippen LogP contribution in [0, 0.1) is 0 Å². The fraction of sp³-hybridized carbons (Fsp3) is 0.333. The quantitative estimate of drug-likeness (QED) is 0.769. The third-order valence-corrected chi connectivity index (χ3v) is 4.33. The fourth-order valence-electron chi connectivity index (χ4n) is 2.82. The van der Waals surface area contributed by atoms with Crippen LogP contribution in [0.25, 0.3) is 0 Å². The summed E-state index contributed by atoms with van der Waals surface area (Å²) in [5.41, 5.74) is 7.44. The van der Waals surface area contributed by atoms with Gasteiger partial charge in [0, 0.05) is 5.56 Å². The van der Waals surface area contributed by atoms with Gasteiger partial charge in [0.25, 0.3) is 5.91 Å². The zero-order valence-corrected chi connectivity index (χ0v) is 15.4. The molecule has 6 nitrogen and oxygen atoms in total. The Hall–Kier alpha value is -3.02. The molecule has 0 saturated heterocycles. The molecule has 0 spiro atoms. The van der Waals surface area contributed by atoms with Gasteiger partial charge in [-0.1, -0.05) is 37.6 Å². The van der Waals surface area contributed by atoms with E-state index < -0.39 is 5.91 Å². The Bertz CT molecular complexity index is 802. The molecule has 0 aromatic heterocycles. The average molecular weight is 368 g/mol. The zero-order chi connectivity index (χ0) is 19.1. The maximum Gasteiger partial charge on any atom is 0.269 e. The minimum absolute atomic E-state index is 0.204. The molecule has 0 aliphatic carbocycles. The van der Waals surface area contributed by atoms with Crippen LogP contribution >= 0.6 is 0 Å². The number of ether oxygens (including phenoxy) is 2. The molecular formula is C21H24N2O4. The Morgan fingerprint density at radius 1 is 0.926 bits per heavy atom. The van der Waals surface area contributed by atoms with Crippen molar-refractivity contribution in [3.63, 3.8) is 0 Å². The van der Waals surface area contributed by atoms with Crippen LogP contribution in [0.2, 0.25) is 0 Å². The summed E-state index contributed by atoms with van der Waals surface area (Å²) in [5, 5.41) is 0. The molecule has 6 heteroatoms. The number of fused-ring (bicyclic) bond motifs is 1. The molecule has 1 aliphatic heterocycles. The first-order chi connectivity index (χ1) is 13.2. The lowest BCUT2D eigenvalue weighted by atomic mass is 10.0. The second-order valence-corrected chi connectivity index (χ2v) is 6.46. The number of nitrogens with one attached hydrogen (secondary N) is 2. The van der Waals surface area contributed by atoms with Crippen molar-refractivity contribution in [2.45, 2.75) is 32.6 Å². The van der Waals surface area contributed by atoms with E-state index in [-0.39, 0.29) is 12.3 Å². The zero-order valence-electron chi connectivity index (χ0n) is 15.4. The van der Waals surface area contributed by atoms with E-state index in [2.05, 4.69) is 17.8 Å². The molecule has 0 unspecified atom stereocenters. The molecule has 1 aliphatic rings. The molecule has 142 valence electrons. The molecule has 2 aromatic carbocycles. The van der Waals surface area contributed by atoms with Crippen molar-refractivity contribution in [3.05, 3.63) is 59.2 Å². The summed E-state index contributed by atoms with van der Waals surface area (Å²) in [6, 6.07) is 12.9. The van der Waals surface area contributed by atoms with Gasteiger partial charge in [0.15, 0.2) is 11.5 Å². The molecule has 3 rings (SSSR count). The normalized spacial score (nSPS) is 12.3. The van der Waals surface area contributed by atoms with Gasteiger partial charge in [-0.25, -0.2) is 0 Å². The van der Waals surface area contributed by atoms with Crippen molar-refractivity contribution in [1.29, 1.82) is 0 Å². The standard InChI is InChI=1S/C21H24N2O4/c1-2-3-4-15-5-7-16(8-6-15)13-20(24)22-23-21(25)17-9-10-18-19(14-17)27-12-11-26-18/h5-10,14H,2-4,11-13H2,1H3,(H,22,24)(H,23,25). The Morgan fingerprint density at radius 2 is 1.63 bits per heavy atom. The number of hydrogen-bond donors (Lipinski definition) is 2. The van der Waals surface area contributed by atoms with Gasteiger partial charge >= 0.3 is 0 Å². The topological polar surface area (TPSA) is 76.7 Å². The third-order valence-electron chi connectivity index (χ3n) is 4.33. The molecule has 27 heavy (non-hydrogen) atoms. The minimum atomic E-state index is -0.407. The predicted octanol–water partition coefficient (Wildman–Crippen LogP) is 2.80. The van der Waals surface area contributed by atoms with Crippen LogP contribution in [-0.4, -0.2) is 25.0 Å². The van der Waals surface area contributed by atoms with Gasteiger partial charge in [-0.3, -0.25) is 20.4 Å². The smallest absolute Gasteiger partial charge is 0.269 e. The molecule has 0 bridgehead atoms. The maximum atomic E-state index is 12.2. The summed E-state index contributed by atoms with van der Waals surface area (Å²) in [6.45, 7) is 3.11. The van der Waals surface area contributed by atoms with E-state index in [0.717, 1.165) is 24.8 Å². The van der Waals surface area contributed by atoms with Crippen molar-refractivity contribution < 1.29 is 19.1 Å². The van der Waals surface area contributed by atoms with Gasteiger partial charge in [0.05, 0.1) is 6.42 Å². The van der Waals surface area contributed by atoms with Crippen molar-refractivity contribution in [3.8, 4) is 11.5 Å². The Labute approximate surface area is 158 Å².